The van der Waals surface area contributed by atoms with Crippen LogP contribution in [0.1, 0.15) is 43.6 Å². The number of ether oxygens (including phenoxy) is 1. The van der Waals surface area contributed by atoms with Crippen molar-refractivity contribution in [2.75, 3.05) is 6.23 Å². The van der Waals surface area contributed by atoms with E-state index in [-0.39, 0.29) is 10.8 Å². The van der Waals surface area contributed by atoms with E-state index >= 15 is 0 Å². The average Bonchev–Trinajstić information content (AvgIpc) is 2.63. The normalized spacial score (nSPS) is 14.7. The Morgan fingerprint density at radius 3 is 2.04 bits per heavy atom. The highest BCUT2D eigenvalue weighted by Gasteiger charge is 2.45. The second-order valence-corrected chi connectivity index (χ2v) is 12.9. The summed E-state index contributed by atoms with van der Waals surface area (Å²) >= 11 is 0. The maximum Gasteiger partial charge on any atom is 0.184 e. The summed E-state index contributed by atoms with van der Waals surface area (Å²) < 4.78 is 6.15. The van der Waals surface area contributed by atoms with Crippen LogP contribution in [0.25, 0.3) is 0 Å². The van der Waals surface area contributed by atoms with Crippen LogP contribution >= 0.6 is 0 Å². The van der Waals surface area contributed by atoms with Gasteiger partial charge in [0.05, 0.1) is 6.61 Å². The van der Waals surface area contributed by atoms with Crippen LogP contribution in [-0.2, 0) is 11.3 Å². The summed E-state index contributed by atoms with van der Waals surface area (Å²) in [7, 11) is -2.19. The molecule has 3 heteroatoms. The maximum absolute atomic E-state index is 13.2. The van der Waals surface area contributed by atoms with Crippen molar-refractivity contribution in [1.82, 2.24) is 0 Å². The molecule has 138 valence electrons. The summed E-state index contributed by atoms with van der Waals surface area (Å²) in [6, 6.07) is 19.8. The van der Waals surface area contributed by atoms with E-state index in [2.05, 4.69) is 39.5 Å². The van der Waals surface area contributed by atoms with Gasteiger partial charge in [-0.2, -0.15) is 0 Å². The monoisotopic (exact) mass is 366 g/mol. The fourth-order valence-electron chi connectivity index (χ4n) is 3.09. The predicted molar refractivity (Wildman–Crippen MR) is 112 cm³/mol. The number of carbonyl (C=O) groups is 1. The van der Waals surface area contributed by atoms with Gasteiger partial charge in [0.25, 0.3) is 0 Å². The van der Waals surface area contributed by atoms with Gasteiger partial charge in [0, 0.05) is 11.8 Å². The highest BCUT2D eigenvalue weighted by molar-refractivity contribution is 6.92. The topological polar surface area (TPSA) is 26.3 Å². The lowest BCUT2D eigenvalue weighted by Crippen LogP contribution is -2.50. The molecule has 2 aromatic rings. The van der Waals surface area contributed by atoms with Gasteiger partial charge in [0.15, 0.2) is 5.78 Å². The molecule has 0 aliphatic rings. The van der Waals surface area contributed by atoms with E-state index in [1.807, 2.05) is 61.5 Å². The van der Waals surface area contributed by atoms with Crippen LogP contribution in [0.3, 0.4) is 0 Å². The van der Waals surface area contributed by atoms with Gasteiger partial charge >= 0.3 is 0 Å². The zero-order chi connectivity index (χ0) is 19.2. The number of carbonyl (C=O) groups excluding carboxylic acids is 1. The minimum atomic E-state index is -2.19. The third-order valence-corrected chi connectivity index (χ3v) is 11.1. The molecule has 0 spiro atoms. The summed E-state index contributed by atoms with van der Waals surface area (Å²) in [5, 5.41) is 0.958. The Labute approximate surface area is 158 Å². The summed E-state index contributed by atoms with van der Waals surface area (Å²) in [6.45, 7) is 11.5. The van der Waals surface area contributed by atoms with Crippen molar-refractivity contribution in [2.24, 2.45) is 0 Å². The number of hydrogen-bond donors (Lipinski definition) is 0. The van der Waals surface area contributed by atoms with E-state index in [0.29, 0.717) is 12.8 Å². The molecule has 0 bridgehead atoms. The first-order valence-corrected chi connectivity index (χ1v) is 11.9. The molecule has 0 N–H and O–H groups in total. The number of allylic oxidation sites excluding steroid dienone is 2. The van der Waals surface area contributed by atoms with E-state index in [0.717, 1.165) is 16.3 Å². The minimum Gasteiger partial charge on any atom is -0.380 e. The van der Waals surface area contributed by atoms with Gasteiger partial charge in [-0.05, 0) is 22.7 Å². The zero-order valence-corrected chi connectivity index (χ0v) is 17.6. The van der Waals surface area contributed by atoms with Crippen molar-refractivity contribution >= 4 is 13.9 Å². The lowest BCUT2D eigenvalue weighted by Gasteiger charge is -2.41. The van der Waals surface area contributed by atoms with Gasteiger partial charge in [-0.1, -0.05) is 94.1 Å². The molecule has 26 heavy (non-hydrogen) atoms. The van der Waals surface area contributed by atoms with Crippen LogP contribution in [0.4, 0.5) is 0 Å². The minimum absolute atomic E-state index is 0.00989. The quantitative estimate of drug-likeness (QED) is 0.342. The van der Waals surface area contributed by atoms with Gasteiger partial charge in [-0.25, -0.2) is 0 Å². The molecular formula is C23H30O2Si. The standard InChI is InChI=1S/C23H30O2Si/c1-6-21(22(24)20-15-11-8-12-16-20)26(5,23(2,3)4)18-25-17-19-13-9-7-10-14-19/h6-16H,17-18H2,1-5H3/b21-6+/t26-/m1/s1. The van der Waals surface area contributed by atoms with E-state index in [1.165, 1.54) is 0 Å². The Kier molecular flexibility index (Phi) is 6.73. The molecule has 0 aliphatic heterocycles. The summed E-state index contributed by atoms with van der Waals surface area (Å²) in [4.78, 5) is 13.2. The van der Waals surface area contributed by atoms with Gasteiger partial charge in [-0.3, -0.25) is 4.79 Å². The van der Waals surface area contributed by atoms with Crippen molar-refractivity contribution in [3.63, 3.8) is 0 Å². The molecular weight excluding hydrogens is 336 g/mol. The molecule has 2 nitrogen and oxygen atoms in total. The number of rotatable bonds is 7. The Morgan fingerprint density at radius 1 is 1.00 bits per heavy atom. The Morgan fingerprint density at radius 2 is 1.54 bits per heavy atom. The Bertz CT molecular complexity index is 745. The first kappa shape index (κ1) is 20.3. The first-order chi connectivity index (χ1) is 12.3. The van der Waals surface area contributed by atoms with Crippen molar-refractivity contribution in [1.29, 1.82) is 0 Å². The molecule has 2 aromatic carbocycles. The highest BCUT2D eigenvalue weighted by Crippen LogP contribution is 2.42. The van der Waals surface area contributed by atoms with Crippen molar-refractivity contribution < 1.29 is 9.53 Å². The first-order valence-electron chi connectivity index (χ1n) is 9.18. The van der Waals surface area contributed by atoms with E-state index in [9.17, 15) is 4.79 Å². The fraction of sp³-hybridized carbons (Fsp3) is 0.348. The lowest BCUT2D eigenvalue weighted by molar-refractivity contribution is 0.103. The number of benzene rings is 2. The van der Waals surface area contributed by atoms with Gasteiger partial charge in [-0.15, -0.1) is 0 Å². The fourth-order valence-corrected chi connectivity index (χ4v) is 6.28. The second kappa shape index (κ2) is 8.61. The number of Topliss-reactive ketones (excluding diaryl/α,β-unsaturated/α-hetero) is 1. The van der Waals surface area contributed by atoms with Crippen molar-refractivity contribution in [3.05, 3.63) is 83.1 Å². The van der Waals surface area contributed by atoms with Crippen LogP contribution in [-0.4, -0.2) is 20.1 Å². The largest absolute Gasteiger partial charge is 0.380 e. The Balaban J connectivity index is 2.25. The molecule has 0 aliphatic carbocycles. The van der Waals surface area contributed by atoms with E-state index in [1.54, 1.807) is 0 Å². The smallest absolute Gasteiger partial charge is 0.184 e. The molecule has 0 radical (unpaired) electrons. The summed E-state index contributed by atoms with van der Waals surface area (Å²) in [6.07, 6.45) is 2.64. The van der Waals surface area contributed by atoms with Crippen molar-refractivity contribution in [3.8, 4) is 0 Å². The predicted octanol–water partition coefficient (Wildman–Crippen LogP) is 5.99. The van der Waals surface area contributed by atoms with Crippen LogP contribution in [0, 0.1) is 0 Å². The second-order valence-electron chi connectivity index (χ2n) is 7.96. The number of hydrogen-bond acceptors (Lipinski definition) is 2. The van der Waals surface area contributed by atoms with Crippen LogP contribution < -0.4 is 0 Å². The van der Waals surface area contributed by atoms with Gasteiger partial charge < -0.3 is 4.74 Å². The van der Waals surface area contributed by atoms with Crippen LogP contribution in [0.2, 0.25) is 11.6 Å². The molecule has 0 saturated heterocycles. The SMILES string of the molecule is C/C=C(\C(=O)c1ccccc1)[Si@@](C)(COCc1ccccc1)C(C)(C)C. The van der Waals surface area contributed by atoms with E-state index in [4.69, 9.17) is 4.74 Å². The maximum atomic E-state index is 13.2. The molecule has 0 fully saturated rings. The molecule has 0 saturated carbocycles. The molecule has 0 aromatic heterocycles. The molecule has 1 atom stereocenters. The Hall–Kier alpha value is -1.97. The lowest BCUT2D eigenvalue weighted by atomic mass is 10.1. The van der Waals surface area contributed by atoms with Gasteiger partial charge in [0.1, 0.15) is 8.07 Å². The molecule has 0 unspecified atom stereocenters. The molecule has 0 amide bonds. The van der Waals surface area contributed by atoms with Gasteiger partial charge in [0.2, 0.25) is 0 Å². The van der Waals surface area contributed by atoms with Crippen molar-refractivity contribution in [2.45, 2.75) is 45.9 Å². The third-order valence-electron chi connectivity index (χ3n) is 5.32. The summed E-state index contributed by atoms with van der Waals surface area (Å²) in [5.74, 6) is 0.139. The van der Waals surface area contributed by atoms with E-state index < -0.39 is 8.07 Å². The molecule has 0 heterocycles. The number of ketones is 1. The molecule has 2 rings (SSSR count). The average molecular weight is 367 g/mol. The highest BCUT2D eigenvalue weighted by atomic mass is 28.3. The summed E-state index contributed by atoms with van der Waals surface area (Å²) in [5.41, 5.74) is 1.92. The zero-order valence-electron chi connectivity index (χ0n) is 16.6. The van der Waals surface area contributed by atoms with Crippen LogP contribution in [0.5, 0.6) is 0 Å². The third kappa shape index (κ3) is 4.60. The van der Waals surface area contributed by atoms with Crippen LogP contribution in [0.15, 0.2) is 71.9 Å².